The van der Waals surface area contributed by atoms with Crippen LogP contribution in [0.25, 0.3) is 10.7 Å². The van der Waals surface area contributed by atoms with Crippen molar-refractivity contribution < 1.29 is 19.4 Å². The Balaban J connectivity index is 1.27. The minimum absolute atomic E-state index is 0.136. The molecule has 0 amide bonds. The van der Waals surface area contributed by atoms with E-state index in [0.717, 1.165) is 40.7 Å². The number of ether oxygens (including phenoxy) is 1. The summed E-state index contributed by atoms with van der Waals surface area (Å²) in [5, 5.41) is 21.4. The summed E-state index contributed by atoms with van der Waals surface area (Å²) in [5.74, 6) is 0.134. The van der Waals surface area contributed by atoms with Crippen molar-refractivity contribution >= 4 is 28.2 Å². The number of ketones is 1. The smallest absolute Gasteiger partial charge is 0.327 e. The van der Waals surface area contributed by atoms with Crippen molar-refractivity contribution in [2.45, 2.75) is 31.4 Å². The van der Waals surface area contributed by atoms with Crippen molar-refractivity contribution in [2.24, 2.45) is 0 Å². The lowest BCUT2D eigenvalue weighted by atomic mass is 9.82. The number of para-hydroxylation sites is 1. The molecule has 1 fully saturated rings. The van der Waals surface area contributed by atoms with E-state index in [2.05, 4.69) is 25.3 Å². The Hall–Kier alpha value is -3.34. The minimum atomic E-state index is -1.03. The summed E-state index contributed by atoms with van der Waals surface area (Å²) in [4.78, 5) is 31.7. The molecule has 0 saturated carbocycles. The summed E-state index contributed by atoms with van der Waals surface area (Å²) in [7, 11) is 0. The van der Waals surface area contributed by atoms with Crippen LogP contribution in [0.15, 0.2) is 30.5 Å². The first kappa shape index (κ1) is 18.7. The third-order valence-electron chi connectivity index (χ3n) is 5.39. The largest absolute Gasteiger partial charge is 0.486 e. The summed E-state index contributed by atoms with van der Waals surface area (Å²) >= 11 is 1.43. The van der Waals surface area contributed by atoms with E-state index >= 15 is 0 Å². The predicted octanol–water partition coefficient (Wildman–Crippen LogP) is 1.89. The molecular formula is C19H18N6O4S. The number of hydrogen-bond donors (Lipinski definition) is 1. The van der Waals surface area contributed by atoms with Gasteiger partial charge in [-0.3, -0.25) is 9.59 Å². The van der Waals surface area contributed by atoms with E-state index in [1.807, 2.05) is 24.3 Å². The second kappa shape index (κ2) is 7.17. The van der Waals surface area contributed by atoms with E-state index in [9.17, 15) is 9.59 Å². The number of fused-ring (bicyclic) bond motifs is 1. The van der Waals surface area contributed by atoms with Gasteiger partial charge < -0.3 is 14.7 Å². The molecule has 11 heteroatoms. The Morgan fingerprint density at radius 2 is 2.07 bits per heavy atom. The van der Waals surface area contributed by atoms with Gasteiger partial charge in [0.25, 0.3) is 0 Å². The van der Waals surface area contributed by atoms with Crippen LogP contribution < -0.4 is 9.64 Å². The van der Waals surface area contributed by atoms with Crippen LogP contribution in [0.2, 0.25) is 0 Å². The topological polar surface area (TPSA) is 123 Å². The third-order valence-corrected chi connectivity index (χ3v) is 6.44. The number of piperidine rings is 1. The van der Waals surface area contributed by atoms with Gasteiger partial charge in [0.1, 0.15) is 11.4 Å². The monoisotopic (exact) mass is 426 g/mol. The number of nitrogens with zero attached hydrogens (tertiary/aromatic N) is 6. The number of carboxylic acid groups (broad SMARTS) is 1. The lowest BCUT2D eigenvalue weighted by Gasteiger charge is -2.43. The predicted molar refractivity (Wildman–Crippen MR) is 107 cm³/mol. The van der Waals surface area contributed by atoms with Crippen LogP contribution in [0.1, 0.15) is 29.6 Å². The third kappa shape index (κ3) is 3.41. The number of aromatic nitrogens is 5. The number of carbonyl (C=O) groups excluding carboxylic acids is 1. The Morgan fingerprint density at radius 3 is 2.87 bits per heavy atom. The standard InChI is InChI=1S/C19H18N6O4S/c26-13-9-19(29-14-4-2-1-3-12(13)14)5-7-24(8-6-19)18-20-10-15(30-18)17-21-23-25(22-17)11-16(27)28/h1-4,10H,5-9,11H2,(H,27,28). The molecule has 1 aromatic carbocycles. The van der Waals surface area contributed by atoms with E-state index in [-0.39, 0.29) is 12.3 Å². The van der Waals surface area contributed by atoms with E-state index in [1.54, 1.807) is 6.20 Å². The van der Waals surface area contributed by atoms with Gasteiger partial charge in [0, 0.05) is 25.9 Å². The van der Waals surface area contributed by atoms with Gasteiger partial charge in [-0.25, -0.2) is 4.98 Å². The normalized spacial score (nSPS) is 17.6. The number of carboxylic acids is 1. The fraction of sp³-hybridized carbons (Fsp3) is 0.368. The van der Waals surface area contributed by atoms with Crippen LogP contribution in [0.5, 0.6) is 5.75 Å². The molecule has 30 heavy (non-hydrogen) atoms. The zero-order valence-corrected chi connectivity index (χ0v) is 16.7. The van der Waals surface area contributed by atoms with E-state index in [0.29, 0.717) is 23.6 Å². The molecule has 4 heterocycles. The Bertz CT molecular complexity index is 1120. The van der Waals surface area contributed by atoms with Crippen molar-refractivity contribution in [3.63, 3.8) is 0 Å². The van der Waals surface area contributed by atoms with Gasteiger partial charge in [0.15, 0.2) is 17.5 Å². The van der Waals surface area contributed by atoms with Gasteiger partial charge in [-0.1, -0.05) is 23.5 Å². The Morgan fingerprint density at radius 1 is 1.27 bits per heavy atom. The Kier molecular flexibility index (Phi) is 4.46. The van der Waals surface area contributed by atoms with Crippen LogP contribution in [0, 0.1) is 0 Å². The SMILES string of the molecule is O=C(O)Cn1nnc(-c2cnc(N3CCC4(CC3)CC(=O)c3ccccc3O4)s2)n1. The zero-order valence-electron chi connectivity index (χ0n) is 15.9. The van der Waals surface area contributed by atoms with Gasteiger partial charge >= 0.3 is 5.97 Å². The second-order valence-corrected chi connectivity index (χ2v) is 8.42. The van der Waals surface area contributed by atoms with Crippen LogP contribution in [0.4, 0.5) is 5.13 Å². The first-order valence-electron chi connectivity index (χ1n) is 9.53. The maximum absolute atomic E-state index is 12.6. The maximum Gasteiger partial charge on any atom is 0.327 e. The number of rotatable bonds is 4. The highest BCUT2D eigenvalue weighted by molar-refractivity contribution is 7.18. The molecule has 5 rings (SSSR count). The van der Waals surface area contributed by atoms with Gasteiger partial charge in [-0.2, -0.15) is 4.80 Å². The molecule has 3 aromatic rings. The number of tetrazole rings is 1. The molecule has 1 N–H and O–H groups in total. The quantitative estimate of drug-likeness (QED) is 0.666. The lowest BCUT2D eigenvalue weighted by molar-refractivity contribution is -0.138. The van der Waals surface area contributed by atoms with Gasteiger partial charge in [0.05, 0.1) is 23.1 Å². The summed E-state index contributed by atoms with van der Waals surface area (Å²) in [6, 6.07) is 7.42. The summed E-state index contributed by atoms with van der Waals surface area (Å²) in [6.07, 6.45) is 3.53. The number of benzene rings is 1. The maximum atomic E-state index is 12.6. The molecule has 0 bridgehead atoms. The molecule has 0 radical (unpaired) electrons. The molecule has 2 aliphatic heterocycles. The van der Waals surface area contributed by atoms with Crippen molar-refractivity contribution in [3.8, 4) is 16.5 Å². The number of thiazole rings is 1. The average Bonchev–Trinajstić information content (AvgIpc) is 3.38. The van der Waals surface area contributed by atoms with E-state index in [1.165, 1.54) is 11.3 Å². The first-order valence-corrected chi connectivity index (χ1v) is 10.3. The molecule has 0 atom stereocenters. The van der Waals surface area contributed by atoms with Gasteiger partial charge in [-0.05, 0) is 17.3 Å². The molecule has 1 saturated heterocycles. The van der Waals surface area contributed by atoms with E-state index < -0.39 is 11.6 Å². The molecule has 2 aromatic heterocycles. The van der Waals surface area contributed by atoms with Crippen molar-refractivity contribution in [2.75, 3.05) is 18.0 Å². The van der Waals surface area contributed by atoms with Crippen molar-refractivity contribution in [1.29, 1.82) is 0 Å². The highest BCUT2D eigenvalue weighted by Gasteiger charge is 2.43. The zero-order chi connectivity index (χ0) is 20.7. The van der Waals surface area contributed by atoms with Crippen LogP contribution in [0.3, 0.4) is 0 Å². The highest BCUT2D eigenvalue weighted by Crippen LogP contribution is 2.40. The van der Waals surface area contributed by atoms with Crippen LogP contribution >= 0.6 is 11.3 Å². The van der Waals surface area contributed by atoms with Gasteiger partial charge in [0.2, 0.25) is 5.82 Å². The highest BCUT2D eigenvalue weighted by atomic mass is 32.1. The molecule has 0 aliphatic carbocycles. The van der Waals surface area contributed by atoms with Crippen LogP contribution in [-0.2, 0) is 11.3 Å². The minimum Gasteiger partial charge on any atom is -0.486 e. The first-order chi connectivity index (χ1) is 14.5. The molecular weight excluding hydrogens is 408 g/mol. The average molecular weight is 426 g/mol. The lowest BCUT2D eigenvalue weighted by Crippen LogP contribution is -2.51. The summed E-state index contributed by atoms with van der Waals surface area (Å²) in [5.41, 5.74) is 0.210. The van der Waals surface area contributed by atoms with Crippen molar-refractivity contribution in [3.05, 3.63) is 36.0 Å². The number of anilines is 1. The second-order valence-electron chi connectivity index (χ2n) is 7.41. The van der Waals surface area contributed by atoms with Gasteiger partial charge in [-0.15, -0.1) is 10.2 Å². The number of carbonyl (C=O) groups is 2. The molecule has 1 spiro atoms. The van der Waals surface area contributed by atoms with E-state index in [4.69, 9.17) is 9.84 Å². The summed E-state index contributed by atoms with van der Waals surface area (Å²) < 4.78 is 6.28. The summed E-state index contributed by atoms with van der Waals surface area (Å²) in [6.45, 7) is 1.11. The molecule has 154 valence electrons. The fourth-order valence-electron chi connectivity index (χ4n) is 3.87. The number of Topliss-reactive ketones (excluding diaryl/α,β-unsaturated/α-hetero) is 1. The molecule has 10 nitrogen and oxygen atoms in total. The fourth-order valence-corrected chi connectivity index (χ4v) is 4.76. The molecule has 2 aliphatic rings. The van der Waals surface area contributed by atoms with Crippen LogP contribution in [-0.4, -0.2) is 60.7 Å². The number of aliphatic carboxylic acids is 1. The Labute approximate surface area is 175 Å². The van der Waals surface area contributed by atoms with Crippen molar-refractivity contribution in [1.82, 2.24) is 25.2 Å². The molecule has 0 unspecified atom stereocenters. The number of hydrogen-bond acceptors (Lipinski definition) is 9.